The number of hydrogen-bond donors (Lipinski definition) is 0. The molecule has 0 heterocycles. The maximum atomic E-state index is 12.1. The average Bonchev–Trinajstić information content (AvgIpc) is 2.28. The van der Waals surface area contributed by atoms with Gasteiger partial charge in [-0.15, -0.1) is 0 Å². The molecule has 0 N–H and O–H groups in total. The number of carbonyl (C=O) groups excluding carboxylic acids is 1. The minimum atomic E-state index is -2.92. The van der Waals surface area contributed by atoms with Crippen LogP contribution in [0.3, 0.4) is 0 Å². The summed E-state index contributed by atoms with van der Waals surface area (Å²) in [5.41, 5.74) is 1.08. The lowest BCUT2D eigenvalue weighted by Gasteiger charge is -2.13. The van der Waals surface area contributed by atoms with Crippen molar-refractivity contribution < 1.29 is 18.3 Å². The average molecular weight is 318 g/mol. The largest absolute Gasteiger partial charge is 0.435 e. The second-order valence-corrected chi connectivity index (χ2v) is 4.46. The summed E-state index contributed by atoms with van der Waals surface area (Å²) in [6.07, 6.45) is 0.0190. The Bertz CT molecular complexity index is 485. The number of ether oxygens (including phenoxy) is 1. The van der Waals surface area contributed by atoms with E-state index < -0.39 is 11.4 Å². The van der Waals surface area contributed by atoms with Crippen LogP contribution in [-0.4, -0.2) is 12.4 Å². The van der Waals surface area contributed by atoms with E-state index in [0.29, 0.717) is 11.1 Å². The first-order chi connectivity index (χ1) is 8.45. The van der Waals surface area contributed by atoms with Crippen molar-refractivity contribution in [1.29, 1.82) is 5.26 Å². The molecule has 0 aliphatic rings. The lowest BCUT2D eigenvalue weighted by atomic mass is 10.0. The third-order valence-electron chi connectivity index (χ3n) is 2.24. The van der Waals surface area contributed by atoms with Gasteiger partial charge in [0, 0.05) is 0 Å². The van der Waals surface area contributed by atoms with Crippen LogP contribution in [0.2, 0.25) is 0 Å². The standard InChI is InChI=1S/C12H10BrF2NO2/c1-7(17)11(13)10-3-2-9(18-12(14)15)6-8(10)4-5-16/h2-3,6,11-12H,4H2,1H3. The molecule has 1 rings (SSSR count). The van der Waals surface area contributed by atoms with Crippen molar-refractivity contribution in [3.8, 4) is 11.8 Å². The molecule has 0 spiro atoms. The highest BCUT2D eigenvalue weighted by molar-refractivity contribution is 9.09. The quantitative estimate of drug-likeness (QED) is 0.782. The number of carbonyl (C=O) groups is 1. The molecule has 1 aromatic carbocycles. The molecule has 1 aromatic rings. The minimum absolute atomic E-state index is 0.0190. The maximum Gasteiger partial charge on any atom is 0.387 e. The molecule has 6 heteroatoms. The van der Waals surface area contributed by atoms with Gasteiger partial charge in [-0.3, -0.25) is 4.79 Å². The molecular weight excluding hydrogens is 308 g/mol. The number of ketones is 1. The van der Waals surface area contributed by atoms with Crippen LogP contribution in [0.1, 0.15) is 22.9 Å². The molecule has 1 atom stereocenters. The van der Waals surface area contributed by atoms with E-state index in [4.69, 9.17) is 5.26 Å². The molecule has 1 unspecified atom stereocenters. The van der Waals surface area contributed by atoms with Crippen LogP contribution in [0, 0.1) is 11.3 Å². The number of rotatable bonds is 5. The molecule has 0 radical (unpaired) electrons. The Balaban J connectivity index is 3.12. The van der Waals surface area contributed by atoms with E-state index in [1.54, 1.807) is 0 Å². The van der Waals surface area contributed by atoms with Gasteiger partial charge in [0.2, 0.25) is 0 Å². The van der Waals surface area contributed by atoms with Crippen LogP contribution < -0.4 is 4.74 Å². The first-order valence-corrected chi connectivity index (χ1v) is 5.96. The van der Waals surface area contributed by atoms with E-state index >= 15 is 0 Å². The van der Waals surface area contributed by atoms with E-state index in [-0.39, 0.29) is 18.0 Å². The Labute approximate surface area is 111 Å². The molecular formula is C12H10BrF2NO2. The summed E-state index contributed by atoms with van der Waals surface area (Å²) in [4.78, 5) is 10.7. The van der Waals surface area contributed by atoms with Gasteiger partial charge in [0.1, 0.15) is 11.5 Å². The third kappa shape index (κ3) is 3.77. The van der Waals surface area contributed by atoms with Gasteiger partial charge in [-0.05, 0) is 30.2 Å². The summed E-state index contributed by atoms with van der Waals surface area (Å²) in [6, 6.07) is 6.12. The summed E-state index contributed by atoms with van der Waals surface area (Å²) in [5, 5.41) is 8.70. The van der Waals surface area contributed by atoms with E-state index in [2.05, 4.69) is 20.7 Å². The van der Waals surface area contributed by atoms with Crippen LogP contribution in [0.5, 0.6) is 5.75 Å². The normalized spacial score (nSPS) is 12.0. The number of nitrogens with zero attached hydrogens (tertiary/aromatic N) is 1. The van der Waals surface area contributed by atoms with Crippen molar-refractivity contribution in [2.75, 3.05) is 0 Å². The van der Waals surface area contributed by atoms with Crippen molar-refractivity contribution in [2.45, 2.75) is 24.8 Å². The summed E-state index contributed by atoms with van der Waals surface area (Å²) >= 11 is 3.20. The molecule has 18 heavy (non-hydrogen) atoms. The van der Waals surface area contributed by atoms with Gasteiger partial charge in [-0.2, -0.15) is 14.0 Å². The molecule has 0 saturated carbocycles. The second kappa shape index (κ2) is 6.45. The summed E-state index contributed by atoms with van der Waals surface area (Å²) in [7, 11) is 0. The van der Waals surface area contributed by atoms with E-state index in [9.17, 15) is 13.6 Å². The maximum absolute atomic E-state index is 12.1. The summed E-state index contributed by atoms with van der Waals surface area (Å²) < 4.78 is 28.4. The Morgan fingerprint density at radius 1 is 1.56 bits per heavy atom. The lowest BCUT2D eigenvalue weighted by Crippen LogP contribution is -2.07. The van der Waals surface area contributed by atoms with Crippen LogP contribution in [0.15, 0.2) is 18.2 Å². The SMILES string of the molecule is CC(=O)C(Br)c1ccc(OC(F)F)cc1CC#N. The highest BCUT2D eigenvalue weighted by Crippen LogP contribution is 2.30. The fraction of sp³-hybridized carbons (Fsp3) is 0.333. The van der Waals surface area contributed by atoms with Crippen LogP contribution >= 0.6 is 15.9 Å². The number of alkyl halides is 3. The second-order valence-electron chi connectivity index (χ2n) is 3.55. The van der Waals surface area contributed by atoms with E-state index in [1.165, 1.54) is 25.1 Å². The van der Waals surface area contributed by atoms with Crippen LogP contribution in [-0.2, 0) is 11.2 Å². The Morgan fingerprint density at radius 2 is 2.22 bits per heavy atom. The fourth-order valence-electron chi connectivity index (χ4n) is 1.46. The predicted molar refractivity (Wildman–Crippen MR) is 64.7 cm³/mol. The zero-order valence-corrected chi connectivity index (χ0v) is 11.1. The fourth-order valence-corrected chi connectivity index (χ4v) is 1.91. The number of halogens is 3. The molecule has 3 nitrogen and oxygen atoms in total. The highest BCUT2D eigenvalue weighted by Gasteiger charge is 2.17. The Kier molecular flexibility index (Phi) is 5.23. The third-order valence-corrected chi connectivity index (χ3v) is 3.38. The van der Waals surface area contributed by atoms with Gasteiger partial charge in [0.25, 0.3) is 0 Å². The van der Waals surface area contributed by atoms with E-state index in [0.717, 1.165) is 0 Å². The number of nitriles is 1. The molecule has 0 aromatic heterocycles. The van der Waals surface area contributed by atoms with Gasteiger partial charge >= 0.3 is 6.61 Å². The number of benzene rings is 1. The van der Waals surface area contributed by atoms with Crippen LogP contribution in [0.25, 0.3) is 0 Å². The van der Waals surface area contributed by atoms with Crippen molar-refractivity contribution in [1.82, 2.24) is 0 Å². The Morgan fingerprint density at radius 3 is 2.72 bits per heavy atom. The van der Waals surface area contributed by atoms with Gasteiger partial charge in [-0.25, -0.2) is 0 Å². The minimum Gasteiger partial charge on any atom is -0.435 e. The first-order valence-electron chi connectivity index (χ1n) is 5.04. The summed E-state index contributed by atoms with van der Waals surface area (Å²) in [5.74, 6) is -0.154. The van der Waals surface area contributed by atoms with E-state index in [1.807, 2.05) is 6.07 Å². The summed E-state index contributed by atoms with van der Waals surface area (Å²) in [6.45, 7) is -1.52. The predicted octanol–water partition coefficient (Wildman–Crippen LogP) is 3.38. The number of Topliss-reactive ketones (excluding diaryl/α,β-unsaturated/α-hetero) is 1. The van der Waals surface area contributed by atoms with Gasteiger partial charge in [0.05, 0.1) is 17.3 Å². The molecule has 0 amide bonds. The molecule has 0 aliphatic carbocycles. The van der Waals surface area contributed by atoms with Crippen molar-refractivity contribution in [3.05, 3.63) is 29.3 Å². The van der Waals surface area contributed by atoms with Gasteiger partial charge in [0.15, 0.2) is 0 Å². The number of hydrogen-bond acceptors (Lipinski definition) is 3. The lowest BCUT2D eigenvalue weighted by molar-refractivity contribution is -0.116. The molecule has 0 aliphatic heterocycles. The van der Waals surface area contributed by atoms with Gasteiger partial charge < -0.3 is 4.74 Å². The van der Waals surface area contributed by atoms with Crippen LogP contribution in [0.4, 0.5) is 8.78 Å². The van der Waals surface area contributed by atoms with Crippen molar-refractivity contribution in [2.24, 2.45) is 0 Å². The molecule has 0 saturated heterocycles. The zero-order chi connectivity index (χ0) is 13.7. The van der Waals surface area contributed by atoms with Gasteiger partial charge in [-0.1, -0.05) is 22.0 Å². The first kappa shape index (κ1) is 14.6. The monoisotopic (exact) mass is 317 g/mol. The highest BCUT2D eigenvalue weighted by atomic mass is 79.9. The Hall–Kier alpha value is -1.48. The smallest absolute Gasteiger partial charge is 0.387 e. The molecule has 0 fully saturated rings. The topological polar surface area (TPSA) is 50.1 Å². The molecule has 96 valence electrons. The van der Waals surface area contributed by atoms with Crippen molar-refractivity contribution in [3.63, 3.8) is 0 Å². The molecule has 0 bridgehead atoms. The zero-order valence-electron chi connectivity index (χ0n) is 9.49. The van der Waals surface area contributed by atoms with Crippen molar-refractivity contribution >= 4 is 21.7 Å².